The molecule has 0 spiro atoms. The van der Waals surface area contributed by atoms with Gasteiger partial charge in [0.15, 0.2) is 0 Å². The van der Waals surface area contributed by atoms with Crippen LogP contribution in [0, 0.1) is 0 Å². The van der Waals surface area contributed by atoms with Gasteiger partial charge >= 0.3 is 5.97 Å². The molecule has 0 bridgehead atoms. The van der Waals surface area contributed by atoms with Crippen molar-refractivity contribution in [2.45, 2.75) is 6.54 Å². The second kappa shape index (κ2) is 7.21. The highest BCUT2D eigenvalue weighted by molar-refractivity contribution is 5.96. The summed E-state index contributed by atoms with van der Waals surface area (Å²) in [4.78, 5) is 27.7. The quantitative estimate of drug-likeness (QED) is 0.852. The number of pyridine rings is 1. The Morgan fingerprint density at radius 2 is 1.95 bits per heavy atom. The predicted octanol–water partition coefficient (Wildman–Crippen LogP) is 1.81. The first kappa shape index (κ1) is 15.5. The van der Waals surface area contributed by atoms with E-state index >= 15 is 0 Å². The number of methoxy groups -OCH3 is 2. The summed E-state index contributed by atoms with van der Waals surface area (Å²) in [6.45, 7) is 0.196. The minimum Gasteiger partial charge on any atom is -0.496 e. The lowest BCUT2D eigenvalue weighted by Gasteiger charge is -2.09. The molecule has 0 atom stereocenters. The van der Waals surface area contributed by atoms with Gasteiger partial charge in [0.2, 0.25) is 0 Å². The third-order valence-corrected chi connectivity index (χ3v) is 3.02. The standard InChI is InChI=1S/C16H16N2O4/c1-21-14-6-4-3-5-13(14)15(19)18-10-12-9-11(7-8-17-12)16(20)22-2/h3-9H,10H2,1-2H3,(H,18,19). The van der Waals surface area contributed by atoms with E-state index in [0.29, 0.717) is 22.6 Å². The first-order valence-corrected chi connectivity index (χ1v) is 6.60. The van der Waals surface area contributed by atoms with Crippen LogP contribution in [-0.2, 0) is 11.3 Å². The minimum atomic E-state index is -0.445. The molecule has 1 heterocycles. The van der Waals surface area contributed by atoms with Crippen LogP contribution in [0.1, 0.15) is 26.4 Å². The summed E-state index contributed by atoms with van der Waals surface area (Å²) in [5.74, 6) is -0.223. The molecule has 1 aromatic heterocycles. The third-order valence-electron chi connectivity index (χ3n) is 3.02. The zero-order chi connectivity index (χ0) is 15.9. The van der Waals surface area contributed by atoms with E-state index in [9.17, 15) is 9.59 Å². The smallest absolute Gasteiger partial charge is 0.337 e. The number of hydrogen-bond acceptors (Lipinski definition) is 5. The summed E-state index contributed by atoms with van der Waals surface area (Å²) < 4.78 is 9.79. The van der Waals surface area contributed by atoms with Gasteiger partial charge in [0, 0.05) is 6.20 Å². The van der Waals surface area contributed by atoms with Gasteiger partial charge in [0.05, 0.1) is 37.6 Å². The molecule has 2 rings (SSSR count). The maximum Gasteiger partial charge on any atom is 0.337 e. The Hall–Kier alpha value is -2.89. The molecule has 0 aliphatic carbocycles. The molecule has 22 heavy (non-hydrogen) atoms. The van der Waals surface area contributed by atoms with Crippen LogP contribution in [0.2, 0.25) is 0 Å². The number of nitrogens with one attached hydrogen (secondary N) is 1. The number of nitrogens with zero attached hydrogens (tertiary/aromatic N) is 1. The fourth-order valence-electron chi connectivity index (χ4n) is 1.92. The van der Waals surface area contributed by atoms with Crippen LogP contribution in [0.25, 0.3) is 0 Å². The van der Waals surface area contributed by atoms with Gasteiger partial charge in [-0.3, -0.25) is 9.78 Å². The van der Waals surface area contributed by atoms with Crippen molar-refractivity contribution in [3.8, 4) is 5.75 Å². The van der Waals surface area contributed by atoms with E-state index in [-0.39, 0.29) is 12.5 Å². The molecular weight excluding hydrogens is 284 g/mol. The van der Waals surface area contributed by atoms with Gasteiger partial charge in [-0.2, -0.15) is 0 Å². The largest absolute Gasteiger partial charge is 0.496 e. The van der Waals surface area contributed by atoms with Gasteiger partial charge in [-0.05, 0) is 24.3 Å². The Morgan fingerprint density at radius 1 is 1.18 bits per heavy atom. The van der Waals surface area contributed by atoms with Crippen molar-refractivity contribution in [1.82, 2.24) is 10.3 Å². The van der Waals surface area contributed by atoms with Crippen molar-refractivity contribution in [3.05, 3.63) is 59.4 Å². The van der Waals surface area contributed by atoms with Crippen molar-refractivity contribution >= 4 is 11.9 Å². The third kappa shape index (κ3) is 3.60. The van der Waals surface area contributed by atoms with E-state index in [1.54, 1.807) is 36.4 Å². The number of amides is 1. The first-order chi connectivity index (χ1) is 10.7. The molecule has 0 saturated carbocycles. The van der Waals surface area contributed by atoms with Crippen LogP contribution in [-0.4, -0.2) is 31.1 Å². The van der Waals surface area contributed by atoms with E-state index in [2.05, 4.69) is 15.0 Å². The number of aromatic nitrogens is 1. The Bertz CT molecular complexity index is 685. The molecule has 1 aromatic carbocycles. The Kier molecular flexibility index (Phi) is 5.08. The number of benzene rings is 1. The Labute approximate surface area is 128 Å². The highest BCUT2D eigenvalue weighted by Crippen LogP contribution is 2.17. The minimum absolute atomic E-state index is 0.196. The summed E-state index contributed by atoms with van der Waals surface area (Å²) >= 11 is 0. The van der Waals surface area contributed by atoms with E-state index < -0.39 is 5.97 Å². The molecule has 6 heteroatoms. The molecule has 0 saturated heterocycles. The maximum absolute atomic E-state index is 12.2. The molecule has 0 fully saturated rings. The van der Waals surface area contributed by atoms with E-state index in [0.717, 1.165) is 0 Å². The van der Waals surface area contributed by atoms with Gasteiger partial charge in [-0.25, -0.2) is 4.79 Å². The zero-order valence-corrected chi connectivity index (χ0v) is 12.3. The van der Waals surface area contributed by atoms with E-state index in [4.69, 9.17) is 4.74 Å². The van der Waals surface area contributed by atoms with Crippen LogP contribution in [0.4, 0.5) is 0 Å². The van der Waals surface area contributed by atoms with Crippen molar-refractivity contribution in [2.75, 3.05) is 14.2 Å². The lowest BCUT2D eigenvalue weighted by atomic mass is 10.2. The molecular formula is C16H16N2O4. The number of para-hydroxylation sites is 1. The Morgan fingerprint density at radius 3 is 2.68 bits per heavy atom. The second-order valence-electron chi connectivity index (χ2n) is 4.41. The van der Waals surface area contributed by atoms with Gasteiger partial charge in [0.1, 0.15) is 5.75 Å². The van der Waals surface area contributed by atoms with Crippen molar-refractivity contribution in [2.24, 2.45) is 0 Å². The monoisotopic (exact) mass is 300 g/mol. The Balaban J connectivity index is 2.07. The highest BCUT2D eigenvalue weighted by atomic mass is 16.5. The van der Waals surface area contributed by atoms with Crippen LogP contribution in [0.5, 0.6) is 5.75 Å². The zero-order valence-electron chi connectivity index (χ0n) is 12.3. The van der Waals surface area contributed by atoms with Crippen molar-refractivity contribution < 1.29 is 19.1 Å². The molecule has 0 unspecified atom stereocenters. The summed E-state index contributed by atoms with van der Waals surface area (Å²) in [6, 6.07) is 10.1. The molecule has 0 radical (unpaired) electrons. The molecule has 0 aliphatic rings. The van der Waals surface area contributed by atoms with Gasteiger partial charge in [-0.15, -0.1) is 0 Å². The van der Waals surface area contributed by atoms with Crippen LogP contribution in [0.3, 0.4) is 0 Å². The number of carbonyl (C=O) groups is 2. The van der Waals surface area contributed by atoms with E-state index in [1.165, 1.54) is 20.4 Å². The molecule has 114 valence electrons. The topological polar surface area (TPSA) is 77.5 Å². The molecule has 1 N–H and O–H groups in total. The van der Waals surface area contributed by atoms with Gasteiger partial charge in [0.25, 0.3) is 5.91 Å². The fraction of sp³-hybridized carbons (Fsp3) is 0.188. The molecule has 0 aliphatic heterocycles. The lowest BCUT2D eigenvalue weighted by Crippen LogP contribution is -2.24. The normalized spacial score (nSPS) is 9.91. The number of carbonyl (C=O) groups excluding carboxylic acids is 2. The average molecular weight is 300 g/mol. The first-order valence-electron chi connectivity index (χ1n) is 6.60. The number of esters is 1. The van der Waals surface area contributed by atoms with Gasteiger partial charge < -0.3 is 14.8 Å². The molecule has 1 amide bonds. The summed E-state index contributed by atoms with van der Waals surface area (Å²) in [5.41, 5.74) is 1.39. The van der Waals surface area contributed by atoms with Gasteiger partial charge in [-0.1, -0.05) is 12.1 Å². The van der Waals surface area contributed by atoms with E-state index in [1.807, 2.05) is 0 Å². The summed E-state index contributed by atoms with van der Waals surface area (Å²) in [6.07, 6.45) is 1.50. The summed E-state index contributed by atoms with van der Waals surface area (Å²) in [7, 11) is 2.82. The van der Waals surface area contributed by atoms with Crippen molar-refractivity contribution in [1.29, 1.82) is 0 Å². The predicted molar refractivity (Wildman–Crippen MR) is 79.7 cm³/mol. The number of hydrogen-bond donors (Lipinski definition) is 1. The fourth-order valence-corrected chi connectivity index (χ4v) is 1.92. The molecule has 2 aromatic rings. The van der Waals surface area contributed by atoms with Crippen LogP contribution >= 0.6 is 0 Å². The second-order valence-corrected chi connectivity index (χ2v) is 4.41. The highest BCUT2D eigenvalue weighted by Gasteiger charge is 2.12. The lowest BCUT2D eigenvalue weighted by molar-refractivity contribution is 0.0600. The van der Waals surface area contributed by atoms with Crippen LogP contribution < -0.4 is 10.1 Å². The van der Waals surface area contributed by atoms with Crippen molar-refractivity contribution in [3.63, 3.8) is 0 Å². The SMILES string of the molecule is COC(=O)c1ccnc(CNC(=O)c2ccccc2OC)c1. The molecule has 6 nitrogen and oxygen atoms in total. The average Bonchev–Trinajstić information content (AvgIpc) is 2.59. The van der Waals surface area contributed by atoms with Crippen LogP contribution in [0.15, 0.2) is 42.6 Å². The number of ether oxygens (including phenoxy) is 2. The number of rotatable bonds is 5. The maximum atomic E-state index is 12.2. The summed E-state index contributed by atoms with van der Waals surface area (Å²) in [5, 5.41) is 2.74.